The highest BCUT2D eigenvalue weighted by Crippen LogP contribution is 2.31. The van der Waals surface area contributed by atoms with Gasteiger partial charge in [-0.25, -0.2) is 0 Å². The van der Waals surface area contributed by atoms with Crippen LogP contribution in [0.5, 0.6) is 0 Å². The van der Waals surface area contributed by atoms with Gasteiger partial charge in [-0.1, -0.05) is 0 Å². The van der Waals surface area contributed by atoms with Crippen molar-refractivity contribution in [2.75, 3.05) is 13.1 Å². The summed E-state index contributed by atoms with van der Waals surface area (Å²) in [4.78, 5) is 12.8. The van der Waals surface area contributed by atoms with Gasteiger partial charge in [0.2, 0.25) is 0 Å². The van der Waals surface area contributed by atoms with Crippen LogP contribution in [0.2, 0.25) is 0 Å². The van der Waals surface area contributed by atoms with Crippen LogP contribution in [0.25, 0.3) is 0 Å². The average molecular weight is 237 g/mol. The number of hydrogen-bond acceptors (Lipinski definition) is 3. The number of aryl methyl sites for hydroxylation is 2. The van der Waals surface area contributed by atoms with Gasteiger partial charge in [-0.15, -0.1) is 0 Å². The van der Waals surface area contributed by atoms with E-state index >= 15 is 0 Å². The fourth-order valence-electron chi connectivity index (χ4n) is 2.42. The van der Waals surface area contributed by atoms with Crippen molar-refractivity contribution in [1.29, 1.82) is 0 Å². The van der Waals surface area contributed by atoms with Crippen molar-refractivity contribution < 1.29 is 9.90 Å². The molecule has 1 N–H and O–H groups in total. The molecule has 0 aliphatic carbocycles. The smallest absolute Gasteiger partial charge is 0.304 e. The van der Waals surface area contributed by atoms with Crippen LogP contribution < -0.4 is 0 Å². The van der Waals surface area contributed by atoms with E-state index in [4.69, 9.17) is 5.11 Å². The van der Waals surface area contributed by atoms with Crippen molar-refractivity contribution in [3.63, 3.8) is 0 Å². The van der Waals surface area contributed by atoms with Gasteiger partial charge >= 0.3 is 5.97 Å². The molecular formula is C12H19N3O2. The second kappa shape index (κ2) is 4.87. The van der Waals surface area contributed by atoms with E-state index in [1.54, 1.807) is 0 Å². The largest absolute Gasteiger partial charge is 0.481 e. The Bertz CT molecular complexity index is 394. The Balaban J connectivity index is 2.06. The Morgan fingerprint density at radius 1 is 1.65 bits per heavy atom. The van der Waals surface area contributed by atoms with E-state index in [0.717, 1.165) is 30.8 Å². The lowest BCUT2D eigenvalue weighted by atomic mass is 10.1. The predicted molar refractivity (Wildman–Crippen MR) is 63.7 cm³/mol. The van der Waals surface area contributed by atoms with Crippen molar-refractivity contribution in [2.24, 2.45) is 7.05 Å². The second-order valence-corrected chi connectivity index (χ2v) is 4.67. The van der Waals surface area contributed by atoms with Crippen LogP contribution in [0.4, 0.5) is 0 Å². The Hall–Kier alpha value is -1.36. The lowest BCUT2D eigenvalue weighted by Crippen LogP contribution is -2.26. The summed E-state index contributed by atoms with van der Waals surface area (Å²) >= 11 is 0. The van der Waals surface area contributed by atoms with Gasteiger partial charge in [0.25, 0.3) is 0 Å². The number of likely N-dealkylation sites (tertiary alicyclic amines) is 1. The summed E-state index contributed by atoms with van der Waals surface area (Å²) in [6, 6.07) is 2.40. The first kappa shape index (κ1) is 12.1. The molecule has 1 unspecified atom stereocenters. The van der Waals surface area contributed by atoms with Crippen molar-refractivity contribution in [3.8, 4) is 0 Å². The first-order valence-electron chi connectivity index (χ1n) is 6.04. The van der Waals surface area contributed by atoms with Gasteiger partial charge in [0.15, 0.2) is 0 Å². The zero-order valence-electron chi connectivity index (χ0n) is 10.4. The summed E-state index contributed by atoms with van der Waals surface area (Å²) in [7, 11) is 1.94. The minimum Gasteiger partial charge on any atom is -0.481 e. The molecule has 5 heteroatoms. The summed E-state index contributed by atoms with van der Waals surface area (Å²) in [5.41, 5.74) is 2.22. The van der Waals surface area contributed by atoms with Crippen molar-refractivity contribution in [2.45, 2.75) is 32.2 Å². The Morgan fingerprint density at radius 2 is 2.41 bits per heavy atom. The lowest BCUT2D eigenvalue weighted by molar-refractivity contribution is -0.137. The first-order valence-corrected chi connectivity index (χ1v) is 6.04. The zero-order chi connectivity index (χ0) is 12.4. The number of aliphatic carboxylic acids is 1. The average Bonchev–Trinajstić information content (AvgIpc) is 2.83. The molecule has 0 spiro atoms. The van der Waals surface area contributed by atoms with Gasteiger partial charge in [0, 0.05) is 19.3 Å². The molecule has 1 aliphatic rings. The van der Waals surface area contributed by atoms with Gasteiger partial charge in [-0.05, 0) is 32.4 Å². The molecule has 1 aromatic rings. The van der Waals surface area contributed by atoms with E-state index < -0.39 is 5.97 Å². The number of rotatable bonds is 4. The van der Waals surface area contributed by atoms with Gasteiger partial charge in [0.1, 0.15) is 0 Å². The fourth-order valence-corrected chi connectivity index (χ4v) is 2.42. The molecule has 1 fully saturated rings. The van der Waals surface area contributed by atoms with Gasteiger partial charge in [-0.2, -0.15) is 5.10 Å². The standard InChI is InChI=1S/C12H19N3O2/c1-9-8-10(13-14(9)2)11-4-3-6-15(11)7-5-12(16)17/h8,11H,3-7H2,1-2H3,(H,16,17). The molecule has 0 aromatic carbocycles. The molecule has 1 aromatic heterocycles. The Morgan fingerprint density at radius 3 is 3.00 bits per heavy atom. The van der Waals surface area contributed by atoms with E-state index in [1.165, 1.54) is 0 Å². The van der Waals surface area contributed by atoms with Crippen molar-refractivity contribution in [1.82, 2.24) is 14.7 Å². The molecule has 2 heterocycles. The molecule has 2 rings (SSSR count). The van der Waals surface area contributed by atoms with Crippen LogP contribution in [0.1, 0.15) is 36.7 Å². The van der Waals surface area contributed by atoms with Gasteiger partial charge in [-0.3, -0.25) is 14.4 Å². The normalized spacial score (nSPS) is 20.9. The third kappa shape index (κ3) is 2.66. The topological polar surface area (TPSA) is 58.4 Å². The van der Waals surface area contributed by atoms with Crippen LogP contribution in [-0.4, -0.2) is 38.8 Å². The molecule has 0 radical (unpaired) electrons. The van der Waals surface area contributed by atoms with Crippen molar-refractivity contribution >= 4 is 5.97 Å². The summed E-state index contributed by atoms with van der Waals surface area (Å²) < 4.78 is 1.88. The zero-order valence-corrected chi connectivity index (χ0v) is 10.4. The molecule has 0 saturated carbocycles. The second-order valence-electron chi connectivity index (χ2n) is 4.67. The quantitative estimate of drug-likeness (QED) is 0.858. The molecule has 1 atom stereocenters. The van der Waals surface area contributed by atoms with E-state index in [0.29, 0.717) is 12.6 Å². The number of carbonyl (C=O) groups is 1. The number of carboxylic acid groups (broad SMARTS) is 1. The monoisotopic (exact) mass is 237 g/mol. The van der Waals surface area contributed by atoms with E-state index in [1.807, 2.05) is 18.7 Å². The third-order valence-electron chi connectivity index (χ3n) is 3.45. The third-order valence-corrected chi connectivity index (χ3v) is 3.45. The highest BCUT2D eigenvalue weighted by Gasteiger charge is 2.28. The highest BCUT2D eigenvalue weighted by molar-refractivity contribution is 5.66. The number of nitrogens with zero attached hydrogens (tertiary/aromatic N) is 3. The number of aromatic nitrogens is 2. The maximum atomic E-state index is 10.6. The summed E-state index contributed by atoms with van der Waals surface area (Å²) in [5.74, 6) is -0.729. The summed E-state index contributed by atoms with van der Waals surface area (Å²) in [6.07, 6.45) is 2.41. The molecule has 17 heavy (non-hydrogen) atoms. The highest BCUT2D eigenvalue weighted by atomic mass is 16.4. The molecule has 1 aliphatic heterocycles. The fraction of sp³-hybridized carbons (Fsp3) is 0.667. The van der Waals surface area contributed by atoms with Gasteiger partial charge in [0.05, 0.1) is 18.2 Å². The Labute approximate surface area is 101 Å². The van der Waals surface area contributed by atoms with Crippen LogP contribution in [-0.2, 0) is 11.8 Å². The molecular weight excluding hydrogens is 218 g/mol. The maximum absolute atomic E-state index is 10.6. The Kier molecular flexibility index (Phi) is 3.47. The molecule has 94 valence electrons. The predicted octanol–water partition coefficient (Wildman–Crippen LogP) is 1.34. The minimum atomic E-state index is -0.729. The molecule has 1 saturated heterocycles. The van der Waals surface area contributed by atoms with Crippen LogP contribution in [0.3, 0.4) is 0 Å². The molecule has 0 bridgehead atoms. The van der Waals surface area contributed by atoms with Crippen LogP contribution in [0.15, 0.2) is 6.07 Å². The SMILES string of the molecule is Cc1cc(C2CCCN2CCC(=O)O)nn1C. The van der Waals surface area contributed by atoms with E-state index in [-0.39, 0.29) is 6.42 Å². The van der Waals surface area contributed by atoms with E-state index in [2.05, 4.69) is 16.1 Å². The minimum absolute atomic E-state index is 0.211. The maximum Gasteiger partial charge on any atom is 0.304 e. The van der Waals surface area contributed by atoms with E-state index in [9.17, 15) is 4.79 Å². The van der Waals surface area contributed by atoms with Crippen molar-refractivity contribution in [3.05, 3.63) is 17.5 Å². The molecule has 5 nitrogen and oxygen atoms in total. The van der Waals surface area contributed by atoms with Crippen LogP contribution >= 0.6 is 0 Å². The summed E-state index contributed by atoms with van der Waals surface area (Å²) in [6.45, 7) is 3.64. The molecule has 0 amide bonds. The first-order chi connectivity index (χ1) is 8.08. The van der Waals surface area contributed by atoms with Crippen LogP contribution in [0, 0.1) is 6.92 Å². The lowest BCUT2D eigenvalue weighted by Gasteiger charge is -2.21. The number of hydrogen-bond donors (Lipinski definition) is 1. The summed E-state index contributed by atoms with van der Waals surface area (Å²) in [5, 5.41) is 13.2. The number of carboxylic acids is 1. The van der Waals surface area contributed by atoms with Gasteiger partial charge < -0.3 is 5.11 Å².